The van der Waals surface area contributed by atoms with E-state index in [0.29, 0.717) is 27.2 Å². The molecule has 0 spiro atoms. The second-order valence-electron chi connectivity index (χ2n) is 5.92. The molecule has 1 saturated heterocycles. The number of hydrogen-bond acceptors (Lipinski definition) is 4. The van der Waals surface area contributed by atoms with Gasteiger partial charge in [-0.05, 0) is 42.3 Å². The third-order valence-corrected chi connectivity index (χ3v) is 6.06. The van der Waals surface area contributed by atoms with Crippen LogP contribution in [0.25, 0.3) is 0 Å². The summed E-state index contributed by atoms with van der Waals surface area (Å²) in [6, 6.07) is 15.9. The summed E-state index contributed by atoms with van der Waals surface area (Å²) in [6.07, 6.45) is 0.378. The Bertz CT molecular complexity index is 999. The number of amides is 2. The van der Waals surface area contributed by atoms with Crippen LogP contribution in [0.15, 0.2) is 59.1 Å². The second-order valence-corrected chi connectivity index (χ2v) is 7.96. The van der Waals surface area contributed by atoms with Gasteiger partial charge >= 0.3 is 0 Å². The van der Waals surface area contributed by atoms with Gasteiger partial charge in [0.1, 0.15) is 16.7 Å². The molecular formula is C20H15Cl2N3O2S. The van der Waals surface area contributed by atoms with Crippen LogP contribution < -0.4 is 10.2 Å². The van der Waals surface area contributed by atoms with Gasteiger partial charge in [0, 0.05) is 22.8 Å². The summed E-state index contributed by atoms with van der Waals surface area (Å²) < 4.78 is 0. The van der Waals surface area contributed by atoms with Crippen molar-refractivity contribution in [1.29, 1.82) is 5.26 Å². The molecule has 2 aromatic rings. The quantitative estimate of drug-likeness (QED) is 0.582. The molecule has 0 bridgehead atoms. The number of nitrogens with one attached hydrogen (secondary N) is 1. The van der Waals surface area contributed by atoms with Crippen molar-refractivity contribution in [2.24, 2.45) is 0 Å². The fourth-order valence-electron chi connectivity index (χ4n) is 2.80. The zero-order chi connectivity index (χ0) is 20.3. The Morgan fingerprint density at radius 3 is 2.50 bits per heavy atom. The van der Waals surface area contributed by atoms with Gasteiger partial charge in [0.15, 0.2) is 0 Å². The lowest BCUT2D eigenvalue weighted by Gasteiger charge is -2.18. The van der Waals surface area contributed by atoms with Crippen molar-refractivity contribution in [3.63, 3.8) is 0 Å². The molecule has 8 heteroatoms. The molecule has 142 valence electrons. The fourth-order valence-corrected chi connectivity index (χ4v) is 4.44. The summed E-state index contributed by atoms with van der Waals surface area (Å²) in [5.41, 5.74) is 1.25. The van der Waals surface area contributed by atoms with Crippen LogP contribution in [0, 0.1) is 11.3 Å². The molecule has 1 fully saturated rings. The van der Waals surface area contributed by atoms with E-state index >= 15 is 0 Å². The number of nitrogens with zero attached hydrogens (tertiary/aromatic N) is 2. The minimum atomic E-state index is -0.546. The molecule has 0 aliphatic carbocycles. The maximum absolute atomic E-state index is 13.2. The summed E-state index contributed by atoms with van der Waals surface area (Å²) in [6.45, 7) is 0. The lowest BCUT2D eigenvalue weighted by atomic mass is 10.1. The fraction of sp³-hybridized carbons (Fsp3) is 0.150. The van der Waals surface area contributed by atoms with Crippen molar-refractivity contribution in [2.75, 3.05) is 11.9 Å². The number of anilines is 1. The molecule has 0 saturated carbocycles. The Morgan fingerprint density at radius 2 is 1.89 bits per heavy atom. The van der Waals surface area contributed by atoms with E-state index in [2.05, 4.69) is 5.32 Å². The van der Waals surface area contributed by atoms with Crippen LogP contribution in [0.4, 0.5) is 5.69 Å². The molecule has 1 aliphatic heterocycles. The molecule has 0 radical (unpaired) electrons. The van der Waals surface area contributed by atoms with E-state index in [1.54, 1.807) is 30.3 Å². The lowest BCUT2D eigenvalue weighted by Crippen LogP contribution is -2.31. The molecule has 5 nitrogen and oxygen atoms in total. The second kappa shape index (κ2) is 8.70. The first-order valence-electron chi connectivity index (χ1n) is 8.32. The number of carbonyl (C=O) groups is 2. The highest BCUT2D eigenvalue weighted by molar-refractivity contribution is 8.05. The van der Waals surface area contributed by atoms with Crippen molar-refractivity contribution in [2.45, 2.75) is 11.7 Å². The monoisotopic (exact) mass is 431 g/mol. The standard InChI is InChI=1S/C20H15Cl2N3O2S/c1-24-18(26)15(11-23)20-25(14-8-6-13(21)7-9-14)19(27)17(28-20)10-12-4-2-3-5-16(12)22/h2-9,17H,10H2,1H3,(H,24,26)/b20-15-/t17-/m1/s1. The highest BCUT2D eigenvalue weighted by Gasteiger charge is 2.40. The third kappa shape index (κ3) is 4.02. The topological polar surface area (TPSA) is 73.2 Å². The van der Waals surface area contributed by atoms with Gasteiger partial charge in [-0.15, -0.1) is 0 Å². The van der Waals surface area contributed by atoms with Gasteiger partial charge in [0.25, 0.3) is 5.91 Å². The van der Waals surface area contributed by atoms with E-state index in [1.165, 1.54) is 23.7 Å². The molecule has 1 atom stereocenters. The number of rotatable bonds is 4. The first-order chi connectivity index (χ1) is 13.5. The molecule has 2 aromatic carbocycles. The predicted molar refractivity (Wildman–Crippen MR) is 112 cm³/mol. The number of carbonyl (C=O) groups excluding carboxylic acids is 2. The zero-order valence-corrected chi connectivity index (χ0v) is 17.1. The van der Waals surface area contributed by atoms with E-state index in [9.17, 15) is 14.9 Å². The summed E-state index contributed by atoms with van der Waals surface area (Å²) >= 11 is 13.4. The molecule has 0 aromatic heterocycles. The molecule has 0 unspecified atom stereocenters. The zero-order valence-electron chi connectivity index (χ0n) is 14.8. The van der Waals surface area contributed by atoms with Crippen molar-refractivity contribution >= 4 is 52.5 Å². The number of benzene rings is 2. The predicted octanol–water partition coefficient (Wildman–Crippen LogP) is 4.17. The Kier molecular flexibility index (Phi) is 6.30. The first-order valence-corrected chi connectivity index (χ1v) is 9.96. The highest BCUT2D eigenvalue weighted by atomic mass is 35.5. The average molecular weight is 432 g/mol. The van der Waals surface area contributed by atoms with Gasteiger partial charge in [-0.1, -0.05) is 53.2 Å². The van der Waals surface area contributed by atoms with Crippen LogP contribution in [0.1, 0.15) is 5.56 Å². The van der Waals surface area contributed by atoms with Gasteiger partial charge in [-0.2, -0.15) is 5.26 Å². The first kappa shape index (κ1) is 20.3. The molecule has 3 rings (SSSR count). The number of nitriles is 1. The molecular weight excluding hydrogens is 417 g/mol. The van der Waals surface area contributed by atoms with Crippen molar-refractivity contribution in [1.82, 2.24) is 5.32 Å². The van der Waals surface area contributed by atoms with Crippen molar-refractivity contribution in [3.8, 4) is 6.07 Å². The minimum Gasteiger partial charge on any atom is -0.354 e. The molecule has 1 heterocycles. The SMILES string of the molecule is CNC(=O)/C(C#N)=C1\S[C@H](Cc2ccccc2Cl)C(=O)N1c1ccc(Cl)cc1. The molecule has 28 heavy (non-hydrogen) atoms. The van der Waals surface area contributed by atoms with Gasteiger partial charge in [-0.3, -0.25) is 14.5 Å². The number of halogens is 2. The van der Waals surface area contributed by atoms with E-state index in [0.717, 1.165) is 5.56 Å². The van der Waals surface area contributed by atoms with E-state index in [-0.39, 0.29) is 11.5 Å². The van der Waals surface area contributed by atoms with Gasteiger partial charge in [-0.25, -0.2) is 0 Å². The van der Waals surface area contributed by atoms with E-state index in [1.807, 2.05) is 24.3 Å². The molecule has 2 amide bonds. The van der Waals surface area contributed by atoms with Crippen LogP contribution in [-0.2, 0) is 16.0 Å². The Morgan fingerprint density at radius 1 is 1.21 bits per heavy atom. The van der Waals surface area contributed by atoms with Crippen LogP contribution >= 0.6 is 35.0 Å². The van der Waals surface area contributed by atoms with Crippen molar-refractivity contribution in [3.05, 3.63) is 74.7 Å². The lowest BCUT2D eigenvalue weighted by molar-refractivity contribution is -0.117. The van der Waals surface area contributed by atoms with Gasteiger partial charge in [0.2, 0.25) is 5.91 Å². The Labute approximate surface area is 176 Å². The Hall–Kier alpha value is -2.46. The van der Waals surface area contributed by atoms with Crippen LogP contribution in [0.5, 0.6) is 0 Å². The normalized spacial score (nSPS) is 18.0. The summed E-state index contributed by atoms with van der Waals surface area (Å²) in [5.74, 6) is -0.769. The van der Waals surface area contributed by atoms with Crippen LogP contribution in [0.2, 0.25) is 10.0 Å². The number of hydrogen-bond donors (Lipinski definition) is 1. The number of thioether (sulfide) groups is 1. The highest BCUT2D eigenvalue weighted by Crippen LogP contribution is 2.42. The molecule has 1 N–H and O–H groups in total. The smallest absolute Gasteiger partial charge is 0.264 e. The minimum absolute atomic E-state index is 0.113. The van der Waals surface area contributed by atoms with E-state index in [4.69, 9.17) is 23.2 Å². The van der Waals surface area contributed by atoms with Gasteiger partial charge in [0.05, 0.1) is 5.25 Å². The molecule has 1 aliphatic rings. The van der Waals surface area contributed by atoms with Gasteiger partial charge < -0.3 is 5.32 Å². The maximum atomic E-state index is 13.2. The average Bonchev–Trinajstić information content (AvgIpc) is 3.01. The Balaban J connectivity index is 2.06. The summed E-state index contributed by atoms with van der Waals surface area (Å²) in [4.78, 5) is 26.8. The van der Waals surface area contributed by atoms with Crippen LogP contribution in [-0.4, -0.2) is 24.1 Å². The summed E-state index contributed by atoms with van der Waals surface area (Å²) in [7, 11) is 1.44. The third-order valence-electron chi connectivity index (χ3n) is 4.18. The summed E-state index contributed by atoms with van der Waals surface area (Å²) in [5, 5.41) is 12.9. The maximum Gasteiger partial charge on any atom is 0.264 e. The van der Waals surface area contributed by atoms with E-state index < -0.39 is 11.2 Å². The van der Waals surface area contributed by atoms with Crippen molar-refractivity contribution < 1.29 is 9.59 Å². The number of likely N-dealkylation sites (N-methyl/N-ethyl adjacent to an activating group) is 1. The van der Waals surface area contributed by atoms with Crippen LogP contribution in [0.3, 0.4) is 0 Å². The largest absolute Gasteiger partial charge is 0.354 e.